The molecule has 1 aliphatic heterocycles. The molecule has 10 nitrogen and oxygen atoms in total. The van der Waals surface area contributed by atoms with Crippen LogP contribution in [0.3, 0.4) is 0 Å². The number of rotatable bonds is 7. The van der Waals surface area contributed by atoms with E-state index in [2.05, 4.69) is 17.1 Å². The summed E-state index contributed by atoms with van der Waals surface area (Å²) >= 11 is 0. The minimum absolute atomic E-state index is 0.0325. The maximum absolute atomic E-state index is 12.7. The smallest absolute Gasteiger partial charge is 0.380 e. The van der Waals surface area contributed by atoms with E-state index >= 15 is 0 Å². The topological polar surface area (TPSA) is 142 Å². The van der Waals surface area contributed by atoms with Crippen molar-refractivity contribution in [3.8, 4) is 5.75 Å². The highest BCUT2D eigenvalue weighted by Crippen LogP contribution is 2.64. The fourth-order valence-corrected chi connectivity index (χ4v) is 8.84. The van der Waals surface area contributed by atoms with Crippen molar-refractivity contribution < 1.29 is 27.3 Å². The van der Waals surface area contributed by atoms with Crippen LogP contribution >= 0.6 is 0 Å². The van der Waals surface area contributed by atoms with Crippen LogP contribution in [0.2, 0.25) is 0 Å². The van der Waals surface area contributed by atoms with Gasteiger partial charge >= 0.3 is 10.3 Å². The number of benzene rings is 1. The lowest BCUT2D eigenvalue weighted by Crippen LogP contribution is -2.59. The Bertz CT molecular complexity index is 1300. The number of nitrogens with two attached hydrogens (primary N) is 1. The Morgan fingerprint density at radius 3 is 2.50 bits per heavy atom. The van der Waals surface area contributed by atoms with Crippen molar-refractivity contribution in [2.75, 3.05) is 39.3 Å². The van der Waals surface area contributed by atoms with Crippen LogP contribution < -0.4 is 14.6 Å². The minimum Gasteiger partial charge on any atom is -0.388 e. The molecule has 0 aromatic heterocycles. The summed E-state index contributed by atoms with van der Waals surface area (Å²) in [5.74, 6) is 1.42. The van der Waals surface area contributed by atoms with Gasteiger partial charge in [0.25, 0.3) is 0 Å². The minimum atomic E-state index is -4.06. The normalized spacial score (nSPS) is 31.6. The van der Waals surface area contributed by atoms with Gasteiger partial charge in [0.1, 0.15) is 5.75 Å². The fourth-order valence-electron chi connectivity index (χ4n) is 8.47. The number of hydrogen-bond donors (Lipinski definition) is 3. The second kappa shape index (κ2) is 11.4. The van der Waals surface area contributed by atoms with E-state index in [1.807, 2.05) is 37.8 Å². The lowest BCUT2D eigenvalue weighted by Gasteiger charge is -2.54. The van der Waals surface area contributed by atoms with E-state index in [1.54, 1.807) is 6.07 Å². The second-order valence-corrected chi connectivity index (χ2v) is 15.7. The molecule has 4 aliphatic rings. The molecule has 11 heteroatoms. The van der Waals surface area contributed by atoms with Crippen molar-refractivity contribution in [1.82, 2.24) is 15.1 Å². The number of aliphatic hydroxyl groups is 1. The van der Waals surface area contributed by atoms with Gasteiger partial charge in [0.05, 0.1) is 12.1 Å². The maximum atomic E-state index is 12.7. The van der Waals surface area contributed by atoms with Gasteiger partial charge in [-0.05, 0) is 85.0 Å². The van der Waals surface area contributed by atoms with Crippen LogP contribution in [0.1, 0.15) is 83.3 Å². The standard InChI is InChI=1S/C31H48N4O6S/c1-29(2,3)18-27(36)33-19-28(37)35-15-13-34(14-16-35)20-31(38)12-10-26-25-7-5-21-17-22(41-42(32,39)40)6-8-23(21)24(25)9-11-30(26,31)4/h6,8,17,24-26,38H,5,7,9-16,18-20H2,1-4H3,(H,33,36)(H2,32,39,40)/t24-,25-,26+,30+,31-/m1/s1. The molecule has 3 aliphatic carbocycles. The highest BCUT2D eigenvalue weighted by molar-refractivity contribution is 7.84. The Morgan fingerprint density at radius 2 is 1.83 bits per heavy atom. The van der Waals surface area contributed by atoms with Crippen LogP contribution in [0.5, 0.6) is 5.75 Å². The maximum Gasteiger partial charge on any atom is 0.380 e. The third-order valence-corrected chi connectivity index (χ3v) is 11.0. The highest BCUT2D eigenvalue weighted by Gasteiger charge is 2.61. The fraction of sp³-hybridized carbons (Fsp3) is 0.742. The van der Waals surface area contributed by atoms with E-state index in [4.69, 9.17) is 9.32 Å². The molecule has 0 spiro atoms. The van der Waals surface area contributed by atoms with E-state index in [-0.39, 0.29) is 34.9 Å². The highest BCUT2D eigenvalue weighted by atomic mass is 32.2. The molecule has 234 valence electrons. The quantitative estimate of drug-likeness (QED) is 0.434. The first kappa shape index (κ1) is 31.2. The van der Waals surface area contributed by atoms with Crippen LogP contribution in [0.4, 0.5) is 0 Å². The summed E-state index contributed by atoms with van der Waals surface area (Å²) in [4.78, 5) is 29.0. The van der Waals surface area contributed by atoms with Crippen molar-refractivity contribution in [2.45, 2.75) is 84.2 Å². The van der Waals surface area contributed by atoms with Gasteiger partial charge in [-0.2, -0.15) is 13.6 Å². The molecule has 2 amide bonds. The third kappa shape index (κ3) is 6.49. The molecule has 0 radical (unpaired) electrons. The van der Waals surface area contributed by atoms with Gasteiger partial charge in [-0.1, -0.05) is 33.8 Å². The summed E-state index contributed by atoms with van der Waals surface area (Å²) in [6.45, 7) is 11.6. The molecule has 1 aromatic carbocycles. The molecule has 0 unspecified atom stereocenters. The van der Waals surface area contributed by atoms with Crippen molar-refractivity contribution in [3.05, 3.63) is 29.3 Å². The first-order valence-electron chi connectivity index (χ1n) is 15.4. The Kier molecular flexibility index (Phi) is 8.45. The number of hydrogen-bond acceptors (Lipinski definition) is 7. The van der Waals surface area contributed by atoms with Crippen LogP contribution in [0.15, 0.2) is 18.2 Å². The van der Waals surface area contributed by atoms with E-state index in [0.717, 1.165) is 44.1 Å². The summed E-state index contributed by atoms with van der Waals surface area (Å²) in [6.07, 6.45) is 5.98. The molecule has 0 bridgehead atoms. The number of carbonyl (C=O) groups excluding carboxylic acids is 2. The van der Waals surface area contributed by atoms with Crippen molar-refractivity contribution in [1.29, 1.82) is 0 Å². The predicted octanol–water partition coefficient (Wildman–Crippen LogP) is 2.55. The second-order valence-electron chi connectivity index (χ2n) is 14.5. The molecule has 1 aromatic rings. The van der Waals surface area contributed by atoms with Crippen molar-refractivity contribution >= 4 is 22.1 Å². The summed E-state index contributed by atoms with van der Waals surface area (Å²) in [5, 5.41) is 20.0. The summed E-state index contributed by atoms with van der Waals surface area (Å²) in [7, 11) is -4.06. The number of amides is 2. The van der Waals surface area contributed by atoms with Gasteiger partial charge < -0.3 is 19.5 Å². The van der Waals surface area contributed by atoms with Gasteiger partial charge in [0, 0.05) is 44.6 Å². The molecule has 5 atom stereocenters. The number of carbonyl (C=O) groups is 2. The average molecular weight is 605 g/mol. The monoisotopic (exact) mass is 604 g/mol. The molecule has 2 saturated carbocycles. The predicted molar refractivity (Wildman–Crippen MR) is 160 cm³/mol. The summed E-state index contributed by atoms with van der Waals surface area (Å²) < 4.78 is 27.7. The third-order valence-electron chi connectivity index (χ3n) is 10.6. The number of nitrogens with zero attached hydrogens (tertiary/aromatic N) is 2. The number of piperazine rings is 1. The number of fused-ring (bicyclic) bond motifs is 5. The zero-order chi connectivity index (χ0) is 30.5. The lowest BCUT2D eigenvalue weighted by molar-refractivity contribution is -0.137. The molecular formula is C31H48N4O6S. The molecule has 3 fully saturated rings. The zero-order valence-electron chi connectivity index (χ0n) is 25.5. The van der Waals surface area contributed by atoms with Crippen molar-refractivity contribution in [2.24, 2.45) is 27.8 Å². The Hall–Kier alpha value is -2.21. The average Bonchev–Trinajstić information content (AvgIpc) is 3.15. The first-order chi connectivity index (χ1) is 19.6. The van der Waals surface area contributed by atoms with Gasteiger partial charge in [-0.15, -0.1) is 0 Å². The molecule has 1 saturated heterocycles. The van der Waals surface area contributed by atoms with Crippen LogP contribution in [0.25, 0.3) is 0 Å². The van der Waals surface area contributed by atoms with Crippen LogP contribution in [-0.2, 0) is 26.3 Å². The molecule has 4 N–H and O–H groups in total. The first-order valence-corrected chi connectivity index (χ1v) is 16.9. The molecule has 42 heavy (non-hydrogen) atoms. The molecule has 5 rings (SSSR count). The van der Waals surface area contributed by atoms with E-state index in [9.17, 15) is 23.1 Å². The Labute approximate surface area is 250 Å². The zero-order valence-corrected chi connectivity index (χ0v) is 26.3. The van der Waals surface area contributed by atoms with E-state index in [0.29, 0.717) is 56.9 Å². The number of aryl methyl sites for hydroxylation is 1. The largest absolute Gasteiger partial charge is 0.388 e. The summed E-state index contributed by atoms with van der Waals surface area (Å²) in [6, 6.07) is 5.53. The van der Waals surface area contributed by atoms with Gasteiger partial charge in [0.15, 0.2) is 0 Å². The molecular weight excluding hydrogens is 556 g/mol. The van der Waals surface area contributed by atoms with Gasteiger partial charge in [-0.25, -0.2) is 0 Å². The van der Waals surface area contributed by atoms with Crippen LogP contribution in [0, 0.1) is 22.7 Å². The number of nitrogens with one attached hydrogen (secondary N) is 1. The lowest BCUT2D eigenvalue weighted by atomic mass is 9.53. The molecule has 1 heterocycles. The van der Waals surface area contributed by atoms with Gasteiger partial charge in [0.2, 0.25) is 11.8 Å². The van der Waals surface area contributed by atoms with Crippen molar-refractivity contribution in [3.63, 3.8) is 0 Å². The van der Waals surface area contributed by atoms with Gasteiger partial charge in [-0.3, -0.25) is 14.5 Å². The SMILES string of the molecule is CC(C)(C)CC(=O)NCC(=O)N1CCN(C[C@]2(O)CC[C@H]3[C@@H]4CCc5cc(OS(N)(=O)=O)ccc5[C@H]4CC[C@@]32C)CC1. The summed E-state index contributed by atoms with van der Waals surface area (Å²) in [5.41, 5.74) is 1.35. The van der Waals surface area contributed by atoms with E-state index < -0.39 is 15.9 Å². The van der Waals surface area contributed by atoms with E-state index in [1.165, 1.54) is 5.56 Å². The number of β-amino-alcohol motifs (C(OH)–C–C–N with tert-alkyl or cyclic N) is 1. The Balaban J connectivity index is 1.17. The Morgan fingerprint density at radius 1 is 1.12 bits per heavy atom. The van der Waals surface area contributed by atoms with Crippen LogP contribution in [-0.4, -0.2) is 80.0 Å².